The van der Waals surface area contributed by atoms with Crippen LogP contribution in [-0.2, 0) is 17.9 Å². The predicted molar refractivity (Wildman–Crippen MR) is 144 cm³/mol. The van der Waals surface area contributed by atoms with Crippen molar-refractivity contribution in [2.75, 3.05) is 0 Å². The van der Waals surface area contributed by atoms with Gasteiger partial charge in [-0.2, -0.15) is 0 Å². The van der Waals surface area contributed by atoms with Crippen LogP contribution in [0, 0.1) is 0 Å². The van der Waals surface area contributed by atoms with Crippen LogP contribution in [0.5, 0.6) is 0 Å². The lowest BCUT2D eigenvalue weighted by molar-refractivity contribution is -0.122. The van der Waals surface area contributed by atoms with Crippen LogP contribution in [0.1, 0.15) is 16.9 Å². The van der Waals surface area contributed by atoms with Gasteiger partial charge in [-0.15, -0.1) is 0 Å². The van der Waals surface area contributed by atoms with E-state index in [1.165, 1.54) is 11.8 Å². The van der Waals surface area contributed by atoms with Crippen molar-refractivity contribution in [3.05, 3.63) is 123 Å². The molecule has 4 nitrogen and oxygen atoms in total. The molecule has 0 bridgehead atoms. The first-order valence-corrected chi connectivity index (χ1v) is 12.5. The first kappa shape index (κ1) is 23.5. The number of carbonyl (C=O) groups excluding carboxylic acids is 1. The zero-order valence-corrected chi connectivity index (χ0v) is 20.9. The molecule has 0 atom stereocenters. The molecule has 0 aliphatic carbocycles. The molecule has 0 unspecified atom stereocenters. The van der Waals surface area contributed by atoms with Gasteiger partial charge in [0.25, 0.3) is 5.91 Å². The monoisotopic (exact) mass is 518 g/mol. The molecule has 1 aliphatic heterocycles. The fourth-order valence-corrected chi connectivity index (χ4v) is 4.89. The number of carbonyl (C=O) groups is 1. The Labute approximate surface area is 217 Å². The van der Waals surface area contributed by atoms with Crippen molar-refractivity contribution < 1.29 is 9.21 Å². The smallest absolute Gasteiger partial charge is 0.267 e. The van der Waals surface area contributed by atoms with Crippen molar-refractivity contribution in [2.24, 2.45) is 4.99 Å². The molecule has 4 aromatic rings. The largest absolute Gasteiger partial charge is 0.457 e. The van der Waals surface area contributed by atoms with Gasteiger partial charge < -0.3 is 4.42 Å². The summed E-state index contributed by atoms with van der Waals surface area (Å²) in [7, 11) is 0. The molecule has 0 saturated carbocycles. The summed E-state index contributed by atoms with van der Waals surface area (Å²) in [5.41, 5.74) is 2.93. The lowest BCUT2D eigenvalue weighted by Crippen LogP contribution is -2.28. The third-order valence-corrected chi connectivity index (χ3v) is 7.20. The second kappa shape index (κ2) is 10.6. The van der Waals surface area contributed by atoms with Gasteiger partial charge in [0.2, 0.25) is 0 Å². The van der Waals surface area contributed by atoms with Gasteiger partial charge >= 0.3 is 0 Å². The highest BCUT2D eigenvalue weighted by atomic mass is 35.5. The second-order valence-corrected chi connectivity index (χ2v) is 9.73. The summed E-state index contributed by atoms with van der Waals surface area (Å²) in [5.74, 6) is 1.12. The topological polar surface area (TPSA) is 45.8 Å². The number of furan rings is 1. The summed E-state index contributed by atoms with van der Waals surface area (Å²) < 4.78 is 5.99. The molecule has 1 saturated heterocycles. The minimum absolute atomic E-state index is 0.0989. The van der Waals surface area contributed by atoms with E-state index in [4.69, 9.17) is 32.6 Å². The third kappa shape index (κ3) is 5.54. The molecule has 1 aliphatic rings. The van der Waals surface area contributed by atoms with Gasteiger partial charge in [-0.25, -0.2) is 0 Å². The molecule has 174 valence electrons. The molecule has 5 rings (SSSR count). The van der Waals surface area contributed by atoms with E-state index in [-0.39, 0.29) is 5.91 Å². The Hall–Kier alpha value is -3.25. The van der Waals surface area contributed by atoms with E-state index in [2.05, 4.69) is 0 Å². The third-order valence-electron chi connectivity index (χ3n) is 5.42. The maximum absolute atomic E-state index is 13.4. The minimum atomic E-state index is -0.0989. The summed E-state index contributed by atoms with van der Waals surface area (Å²) in [5, 5.41) is 1.61. The van der Waals surface area contributed by atoms with Crippen molar-refractivity contribution in [1.29, 1.82) is 0 Å². The number of amides is 1. The fourth-order valence-electron chi connectivity index (χ4n) is 3.64. The lowest BCUT2D eigenvalue weighted by Gasteiger charge is -2.15. The average molecular weight is 519 g/mol. The Bertz CT molecular complexity index is 1420. The van der Waals surface area contributed by atoms with Crippen LogP contribution < -0.4 is 0 Å². The van der Waals surface area contributed by atoms with E-state index < -0.39 is 0 Å². The zero-order valence-electron chi connectivity index (χ0n) is 18.5. The summed E-state index contributed by atoms with van der Waals surface area (Å²) in [4.78, 5) is 20.4. The number of amidine groups is 1. The first-order valence-electron chi connectivity index (χ1n) is 11.0. The number of hydrogen-bond acceptors (Lipinski definition) is 4. The van der Waals surface area contributed by atoms with Crippen molar-refractivity contribution in [2.45, 2.75) is 13.1 Å². The van der Waals surface area contributed by atoms with Crippen LogP contribution in [0.4, 0.5) is 0 Å². The van der Waals surface area contributed by atoms with Gasteiger partial charge in [-0.3, -0.25) is 14.7 Å². The van der Waals surface area contributed by atoms with Crippen LogP contribution in [0.3, 0.4) is 0 Å². The molecule has 1 fully saturated rings. The van der Waals surface area contributed by atoms with Gasteiger partial charge in [-0.1, -0.05) is 83.9 Å². The summed E-state index contributed by atoms with van der Waals surface area (Å²) >= 11 is 13.5. The average Bonchev–Trinajstić information content (AvgIpc) is 3.46. The molecule has 0 radical (unpaired) electrons. The van der Waals surface area contributed by atoms with Gasteiger partial charge in [0.1, 0.15) is 11.5 Å². The molecular formula is C28H20Cl2N2O2S. The molecule has 0 N–H and O–H groups in total. The van der Waals surface area contributed by atoms with Gasteiger partial charge in [0.05, 0.1) is 28.0 Å². The normalized spacial score (nSPS) is 15.9. The molecule has 3 aromatic carbocycles. The standard InChI is InChI=1S/C28H20Cl2N2O2S/c29-23-13-11-21(15-24(23)30)25-14-12-22(34-25)16-26-27(33)32(18-20-9-5-2-6-10-20)28(35-26)31-17-19-7-3-1-4-8-19/h1-16H,17-18H2. The Morgan fingerprint density at radius 1 is 0.857 bits per heavy atom. The number of thioether (sulfide) groups is 1. The maximum atomic E-state index is 13.4. The Kier molecular flexibility index (Phi) is 7.09. The molecular weight excluding hydrogens is 499 g/mol. The molecule has 1 amide bonds. The molecule has 0 spiro atoms. The van der Waals surface area contributed by atoms with E-state index in [1.54, 1.807) is 23.1 Å². The number of halogens is 2. The maximum Gasteiger partial charge on any atom is 0.267 e. The van der Waals surface area contributed by atoms with E-state index in [9.17, 15) is 4.79 Å². The Balaban J connectivity index is 1.42. The van der Waals surface area contributed by atoms with Crippen LogP contribution in [0.2, 0.25) is 10.0 Å². The summed E-state index contributed by atoms with van der Waals surface area (Å²) in [6.07, 6.45) is 1.76. The van der Waals surface area contributed by atoms with E-state index in [0.29, 0.717) is 44.7 Å². The molecule has 7 heteroatoms. The van der Waals surface area contributed by atoms with Gasteiger partial charge in [0, 0.05) is 11.6 Å². The minimum Gasteiger partial charge on any atom is -0.457 e. The van der Waals surface area contributed by atoms with Gasteiger partial charge in [0.15, 0.2) is 5.17 Å². The number of aliphatic imine (C=N–C) groups is 1. The van der Waals surface area contributed by atoms with Crippen molar-refractivity contribution in [1.82, 2.24) is 4.90 Å². The second-order valence-electron chi connectivity index (χ2n) is 7.90. The Morgan fingerprint density at radius 2 is 1.57 bits per heavy atom. The zero-order chi connectivity index (χ0) is 24.2. The quantitative estimate of drug-likeness (QED) is 0.243. The molecule has 2 heterocycles. The van der Waals surface area contributed by atoms with Crippen LogP contribution >= 0.6 is 35.0 Å². The summed E-state index contributed by atoms with van der Waals surface area (Å²) in [6, 6.07) is 28.9. The van der Waals surface area contributed by atoms with E-state index in [0.717, 1.165) is 16.7 Å². The van der Waals surface area contributed by atoms with Gasteiger partial charge in [-0.05, 0) is 53.2 Å². The SMILES string of the molecule is O=C1C(=Cc2ccc(-c3ccc(Cl)c(Cl)c3)o2)SC(=NCc2ccccc2)N1Cc1ccccc1. The highest BCUT2D eigenvalue weighted by Crippen LogP contribution is 2.35. The highest BCUT2D eigenvalue weighted by molar-refractivity contribution is 8.18. The number of benzene rings is 3. The van der Waals surface area contributed by atoms with E-state index >= 15 is 0 Å². The van der Waals surface area contributed by atoms with Crippen molar-refractivity contribution >= 4 is 52.1 Å². The first-order chi connectivity index (χ1) is 17.1. The molecule has 35 heavy (non-hydrogen) atoms. The van der Waals surface area contributed by atoms with E-state index in [1.807, 2.05) is 78.9 Å². The fraction of sp³-hybridized carbons (Fsp3) is 0.0714. The van der Waals surface area contributed by atoms with Crippen LogP contribution in [0.15, 0.2) is 105 Å². The number of hydrogen-bond donors (Lipinski definition) is 0. The lowest BCUT2D eigenvalue weighted by atomic mass is 10.2. The number of nitrogens with zero attached hydrogens (tertiary/aromatic N) is 2. The van der Waals surface area contributed by atoms with Crippen LogP contribution in [0.25, 0.3) is 17.4 Å². The Morgan fingerprint density at radius 3 is 2.29 bits per heavy atom. The van der Waals surface area contributed by atoms with Crippen molar-refractivity contribution in [3.8, 4) is 11.3 Å². The van der Waals surface area contributed by atoms with Crippen LogP contribution in [-0.4, -0.2) is 16.0 Å². The molecule has 1 aromatic heterocycles. The number of rotatable bonds is 6. The predicted octanol–water partition coefficient (Wildman–Crippen LogP) is 7.93. The summed E-state index contributed by atoms with van der Waals surface area (Å²) in [6.45, 7) is 0.946. The highest BCUT2D eigenvalue weighted by Gasteiger charge is 2.33. The van der Waals surface area contributed by atoms with Crippen molar-refractivity contribution in [3.63, 3.8) is 0 Å².